The predicted octanol–water partition coefficient (Wildman–Crippen LogP) is 1.79. The van der Waals surface area contributed by atoms with Gasteiger partial charge >= 0.3 is 0 Å². The fourth-order valence-corrected chi connectivity index (χ4v) is 3.30. The molecule has 6 nitrogen and oxygen atoms in total. The second-order valence-corrected chi connectivity index (χ2v) is 6.05. The Morgan fingerprint density at radius 3 is 2.05 bits per heavy atom. The number of carbonyl (C=O) groups is 1. The molecule has 0 bridgehead atoms. The van der Waals surface area contributed by atoms with Crippen LogP contribution in [0.5, 0.6) is 0 Å². The molecule has 0 aliphatic carbocycles. The number of hydrogen-bond acceptors (Lipinski definition) is 4. The van der Waals surface area contributed by atoms with E-state index < -0.39 is 10.0 Å². The zero-order valence-corrected chi connectivity index (χ0v) is 13.2. The lowest BCUT2D eigenvalue weighted by molar-refractivity contribution is 0.0735. The highest BCUT2D eigenvalue weighted by atomic mass is 32.2. The first-order valence-electron chi connectivity index (χ1n) is 6.81. The summed E-state index contributed by atoms with van der Waals surface area (Å²) in [6, 6.07) is 2.75. The maximum Gasteiger partial charge on any atom is 0.289 e. The third-order valence-corrected chi connectivity index (χ3v) is 5.07. The highest BCUT2D eigenvalue weighted by molar-refractivity contribution is 7.89. The van der Waals surface area contributed by atoms with Crippen LogP contribution in [0.3, 0.4) is 0 Å². The van der Waals surface area contributed by atoms with Gasteiger partial charge in [0.15, 0.2) is 5.76 Å². The molecule has 0 fully saturated rings. The van der Waals surface area contributed by atoms with E-state index >= 15 is 0 Å². The van der Waals surface area contributed by atoms with Gasteiger partial charge in [-0.3, -0.25) is 4.79 Å². The first-order valence-corrected chi connectivity index (χ1v) is 8.25. The molecule has 0 aromatic carbocycles. The van der Waals surface area contributed by atoms with E-state index in [9.17, 15) is 13.2 Å². The number of furan rings is 1. The van der Waals surface area contributed by atoms with E-state index in [0.29, 0.717) is 26.2 Å². The lowest BCUT2D eigenvalue weighted by Gasteiger charge is -2.17. The van der Waals surface area contributed by atoms with Crippen LogP contribution >= 0.6 is 0 Å². The second-order valence-electron chi connectivity index (χ2n) is 4.19. The molecule has 0 N–H and O–H groups in total. The van der Waals surface area contributed by atoms with Gasteiger partial charge in [0.2, 0.25) is 5.09 Å². The number of hydrogen-bond donors (Lipinski definition) is 0. The van der Waals surface area contributed by atoms with Crippen molar-refractivity contribution < 1.29 is 17.6 Å². The molecule has 7 heteroatoms. The largest absolute Gasteiger partial charge is 0.438 e. The van der Waals surface area contributed by atoms with Gasteiger partial charge in [0.1, 0.15) is 0 Å². The molecule has 1 amide bonds. The van der Waals surface area contributed by atoms with Crippen LogP contribution in [0.1, 0.15) is 38.2 Å². The third-order valence-electron chi connectivity index (χ3n) is 3.14. The first-order chi connectivity index (χ1) is 9.42. The average molecular weight is 302 g/mol. The van der Waals surface area contributed by atoms with Crippen LogP contribution in [0.2, 0.25) is 0 Å². The molecule has 0 atom stereocenters. The van der Waals surface area contributed by atoms with E-state index in [1.165, 1.54) is 16.4 Å². The summed E-state index contributed by atoms with van der Waals surface area (Å²) >= 11 is 0. The Morgan fingerprint density at radius 2 is 1.60 bits per heavy atom. The minimum atomic E-state index is -3.66. The summed E-state index contributed by atoms with van der Waals surface area (Å²) in [6.45, 7) is 9.05. The van der Waals surface area contributed by atoms with E-state index in [-0.39, 0.29) is 16.8 Å². The summed E-state index contributed by atoms with van der Waals surface area (Å²) in [4.78, 5) is 13.7. The lowest BCUT2D eigenvalue weighted by atomic mass is 10.4. The molecule has 1 heterocycles. The van der Waals surface area contributed by atoms with Gasteiger partial charge in [0, 0.05) is 26.2 Å². The third kappa shape index (κ3) is 3.21. The van der Waals surface area contributed by atoms with Crippen molar-refractivity contribution in [2.75, 3.05) is 26.2 Å². The zero-order valence-electron chi connectivity index (χ0n) is 12.4. The summed E-state index contributed by atoms with van der Waals surface area (Å²) < 4.78 is 31.0. The molecule has 0 saturated carbocycles. The summed E-state index contributed by atoms with van der Waals surface area (Å²) in [5.41, 5.74) is 0. The zero-order chi connectivity index (χ0) is 15.3. The van der Waals surface area contributed by atoms with Crippen molar-refractivity contribution in [3.05, 3.63) is 17.9 Å². The molecule has 0 aliphatic heterocycles. The molecule has 1 rings (SSSR count). The number of amides is 1. The van der Waals surface area contributed by atoms with Crippen LogP contribution in [0.15, 0.2) is 21.6 Å². The van der Waals surface area contributed by atoms with Gasteiger partial charge in [-0.2, -0.15) is 4.31 Å². The summed E-state index contributed by atoms with van der Waals surface area (Å²) in [5.74, 6) is -0.240. The van der Waals surface area contributed by atoms with E-state index in [1.807, 2.05) is 13.8 Å². The molecule has 0 saturated heterocycles. The van der Waals surface area contributed by atoms with E-state index in [0.717, 1.165) is 0 Å². The SMILES string of the molecule is CCN(CC)C(=O)c1ccc(S(=O)(=O)N(CC)CC)o1. The van der Waals surface area contributed by atoms with Crippen molar-refractivity contribution >= 4 is 15.9 Å². The van der Waals surface area contributed by atoms with Gasteiger partial charge in [-0.25, -0.2) is 8.42 Å². The summed E-state index contributed by atoms with van der Waals surface area (Å²) in [7, 11) is -3.66. The summed E-state index contributed by atoms with van der Waals surface area (Å²) in [5, 5.41) is -0.184. The average Bonchev–Trinajstić information content (AvgIpc) is 2.91. The van der Waals surface area contributed by atoms with Crippen LogP contribution in [-0.4, -0.2) is 49.7 Å². The van der Waals surface area contributed by atoms with Crippen molar-refractivity contribution in [2.24, 2.45) is 0 Å². The standard InChI is InChI=1S/C13H22N2O4S/c1-5-14(6-2)13(16)11-9-10-12(19-11)20(17,18)15(7-3)8-4/h9-10H,5-8H2,1-4H3. The normalized spacial score (nSPS) is 11.8. The van der Waals surface area contributed by atoms with Gasteiger partial charge < -0.3 is 9.32 Å². The molecule has 114 valence electrons. The Hall–Kier alpha value is -1.34. The fourth-order valence-electron chi connectivity index (χ4n) is 1.93. The molecule has 0 aliphatic rings. The Bertz CT molecular complexity index is 542. The van der Waals surface area contributed by atoms with Crippen molar-refractivity contribution in [2.45, 2.75) is 32.8 Å². The van der Waals surface area contributed by atoms with Crippen molar-refractivity contribution in [1.29, 1.82) is 0 Å². The van der Waals surface area contributed by atoms with E-state index in [4.69, 9.17) is 4.42 Å². The maximum atomic E-state index is 12.2. The van der Waals surface area contributed by atoms with Gasteiger partial charge in [0.05, 0.1) is 0 Å². The maximum absolute atomic E-state index is 12.2. The van der Waals surface area contributed by atoms with Gasteiger partial charge in [-0.1, -0.05) is 13.8 Å². The first kappa shape index (κ1) is 16.7. The number of rotatable bonds is 7. The van der Waals surface area contributed by atoms with Crippen LogP contribution in [0.25, 0.3) is 0 Å². The van der Waals surface area contributed by atoms with Gasteiger partial charge in [-0.05, 0) is 26.0 Å². The van der Waals surface area contributed by atoms with Gasteiger partial charge in [0.25, 0.3) is 15.9 Å². The van der Waals surface area contributed by atoms with Crippen molar-refractivity contribution in [1.82, 2.24) is 9.21 Å². The molecule has 0 unspecified atom stereocenters. The molecule has 20 heavy (non-hydrogen) atoms. The van der Waals surface area contributed by atoms with Gasteiger partial charge in [-0.15, -0.1) is 0 Å². The fraction of sp³-hybridized carbons (Fsp3) is 0.615. The minimum Gasteiger partial charge on any atom is -0.438 e. The Morgan fingerprint density at radius 1 is 1.05 bits per heavy atom. The quantitative estimate of drug-likeness (QED) is 0.770. The van der Waals surface area contributed by atoms with Crippen LogP contribution in [-0.2, 0) is 10.0 Å². The van der Waals surface area contributed by atoms with Crippen molar-refractivity contribution in [3.8, 4) is 0 Å². The molecule has 1 aromatic heterocycles. The lowest BCUT2D eigenvalue weighted by Crippen LogP contribution is -2.31. The van der Waals surface area contributed by atoms with E-state index in [2.05, 4.69) is 0 Å². The van der Waals surface area contributed by atoms with E-state index in [1.54, 1.807) is 18.7 Å². The minimum absolute atomic E-state index is 0.0550. The molecule has 0 radical (unpaired) electrons. The van der Waals surface area contributed by atoms with Crippen LogP contribution in [0, 0.1) is 0 Å². The smallest absolute Gasteiger partial charge is 0.289 e. The number of sulfonamides is 1. The highest BCUT2D eigenvalue weighted by Crippen LogP contribution is 2.19. The van der Waals surface area contributed by atoms with Crippen LogP contribution < -0.4 is 0 Å². The summed E-state index contributed by atoms with van der Waals surface area (Å²) in [6.07, 6.45) is 0. The molecular weight excluding hydrogens is 280 g/mol. The monoisotopic (exact) mass is 302 g/mol. The van der Waals surface area contributed by atoms with Crippen molar-refractivity contribution in [3.63, 3.8) is 0 Å². The molecule has 0 spiro atoms. The Labute approximate surface area is 120 Å². The Balaban J connectivity index is 3.06. The second kappa shape index (κ2) is 6.90. The topological polar surface area (TPSA) is 70.8 Å². The highest BCUT2D eigenvalue weighted by Gasteiger charge is 2.27. The number of nitrogens with zero attached hydrogens (tertiary/aromatic N) is 2. The molecular formula is C13H22N2O4S. The number of carbonyl (C=O) groups excluding carboxylic acids is 1. The van der Waals surface area contributed by atoms with Crippen LogP contribution in [0.4, 0.5) is 0 Å². The Kier molecular flexibility index (Phi) is 5.76. The predicted molar refractivity (Wildman–Crippen MR) is 76.1 cm³/mol. The molecule has 1 aromatic rings.